The SMILES string of the molecule is C[C@@H]1CCCNO1. The molecule has 1 rings (SSSR count). The molecule has 0 aromatic rings. The third-order valence-corrected chi connectivity index (χ3v) is 1.17. The second-order valence-corrected chi connectivity index (χ2v) is 1.97. The van der Waals surface area contributed by atoms with E-state index >= 15 is 0 Å². The third kappa shape index (κ3) is 1.45. The topological polar surface area (TPSA) is 21.3 Å². The van der Waals surface area contributed by atoms with E-state index in [1.54, 1.807) is 0 Å². The van der Waals surface area contributed by atoms with Gasteiger partial charge in [0.25, 0.3) is 0 Å². The van der Waals surface area contributed by atoms with Crippen molar-refractivity contribution in [3.05, 3.63) is 0 Å². The molecule has 1 atom stereocenters. The van der Waals surface area contributed by atoms with Crippen LogP contribution in [0.2, 0.25) is 0 Å². The summed E-state index contributed by atoms with van der Waals surface area (Å²) in [5.41, 5.74) is 2.83. The Morgan fingerprint density at radius 2 is 2.57 bits per heavy atom. The van der Waals surface area contributed by atoms with Crippen LogP contribution in [0.3, 0.4) is 0 Å². The fraction of sp³-hybridized carbons (Fsp3) is 1.00. The van der Waals surface area contributed by atoms with Gasteiger partial charge in [-0.1, -0.05) is 0 Å². The molecule has 1 heterocycles. The Kier molecular flexibility index (Phi) is 1.65. The first-order chi connectivity index (χ1) is 3.39. The Bertz CT molecular complexity index is 50.0. The first-order valence-electron chi connectivity index (χ1n) is 2.78. The van der Waals surface area contributed by atoms with Gasteiger partial charge in [-0.2, -0.15) is 0 Å². The zero-order valence-corrected chi connectivity index (χ0v) is 4.61. The van der Waals surface area contributed by atoms with Crippen LogP contribution in [0.1, 0.15) is 19.8 Å². The van der Waals surface area contributed by atoms with Crippen molar-refractivity contribution < 1.29 is 4.84 Å². The number of hydrogen-bond donors (Lipinski definition) is 1. The van der Waals surface area contributed by atoms with E-state index in [9.17, 15) is 0 Å². The molecule has 0 aromatic carbocycles. The first kappa shape index (κ1) is 5.06. The van der Waals surface area contributed by atoms with E-state index < -0.39 is 0 Å². The van der Waals surface area contributed by atoms with Crippen LogP contribution >= 0.6 is 0 Å². The lowest BCUT2D eigenvalue weighted by Crippen LogP contribution is -2.28. The predicted octanol–water partition coefficient (Wildman–Crippen LogP) is 0.690. The van der Waals surface area contributed by atoms with Crippen molar-refractivity contribution in [2.24, 2.45) is 0 Å². The van der Waals surface area contributed by atoms with Crippen LogP contribution in [0, 0.1) is 0 Å². The molecule has 0 radical (unpaired) electrons. The second kappa shape index (κ2) is 2.28. The van der Waals surface area contributed by atoms with Crippen LogP contribution in [0.5, 0.6) is 0 Å². The molecule has 2 nitrogen and oxygen atoms in total. The van der Waals surface area contributed by atoms with E-state index in [-0.39, 0.29) is 0 Å². The molecule has 0 aliphatic carbocycles. The monoisotopic (exact) mass is 101 g/mol. The summed E-state index contributed by atoms with van der Waals surface area (Å²) in [4.78, 5) is 5.03. The minimum atomic E-state index is 0.425. The maximum Gasteiger partial charge on any atom is 0.0762 e. The maximum absolute atomic E-state index is 5.03. The molecule has 1 N–H and O–H groups in total. The molecular weight excluding hydrogens is 90.1 g/mol. The van der Waals surface area contributed by atoms with Gasteiger partial charge < -0.3 is 0 Å². The standard InChI is InChI=1S/C5H11NO/c1-5-3-2-4-6-7-5/h5-6H,2-4H2,1H3/t5-/m1/s1. The van der Waals surface area contributed by atoms with Crippen molar-refractivity contribution in [1.29, 1.82) is 0 Å². The van der Waals surface area contributed by atoms with Gasteiger partial charge in [-0.05, 0) is 19.8 Å². The smallest absolute Gasteiger partial charge is 0.0762 e. The lowest BCUT2D eigenvalue weighted by atomic mass is 10.2. The molecule has 42 valence electrons. The van der Waals surface area contributed by atoms with Crippen LogP contribution < -0.4 is 5.48 Å². The molecule has 2 heteroatoms. The number of nitrogens with one attached hydrogen (secondary N) is 1. The Labute approximate surface area is 43.8 Å². The van der Waals surface area contributed by atoms with Crippen LogP contribution in [0.25, 0.3) is 0 Å². The summed E-state index contributed by atoms with van der Waals surface area (Å²) in [5, 5.41) is 0. The van der Waals surface area contributed by atoms with Gasteiger partial charge >= 0.3 is 0 Å². The molecule has 0 spiro atoms. The lowest BCUT2D eigenvalue weighted by molar-refractivity contribution is -0.0448. The normalized spacial score (nSPS) is 33.0. The summed E-state index contributed by atoms with van der Waals surface area (Å²) in [7, 11) is 0. The van der Waals surface area contributed by atoms with E-state index in [1.165, 1.54) is 12.8 Å². The van der Waals surface area contributed by atoms with Gasteiger partial charge in [0, 0.05) is 6.54 Å². The summed E-state index contributed by atoms with van der Waals surface area (Å²) >= 11 is 0. The van der Waals surface area contributed by atoms with Crippen molar-refractivity contribution in [3.63, 3.8) is 0 Å². The van der Waals surface area contributed by atoms with E-state index in [4.69, 9.17) is 4.84 Å². The molecule has 1 fully saturated rings. The highest BCUT2D eigenvalue weighted by Gasteiger charge is 2.05. The predicted molar refractivity (Wildman–Crippen MR) is 27.8 cm³/mol. The van der Waals surface area contributed by atoms with Gasteiger partial charge in [-0.15, -0.1) is 0 Å². The highest BCUT2D eigenvalue weighted by molar-refractivity contribution is 4.54. The molecule has 0 amide bonds. The minimum absolute atomic E-state index is 0.425. The first-order valence-corrected chi connectivity index (χ1v) is 2.78. The van der Waals surface area contributed by atoms with Crippen molar-refractivity contribution in [3.8, 4) is 0 Å². The van der Waals surface area contributed by atoms with E-state index in [1.807, 2.05) is 0 Å². The highest BCUT2D eigenvalue weighted by Crippen LogP contribution is 2.02. The van der Waals surface area contributed by atoms with E-state index in [0.29, 0.717) is 6.10 Å². The molecule has 0 bridgehead atoms. The van der Waals surface area contributed by atoms with Gasteiger partial charge in [0.1, 0.15) is 0 Å². The Balaban J connectivity index is 2.12. The summed E-state index contributed by atoms with van der Waals surface area (Å²) in [6.07, 6.45) is 2.88. The fourth-order valence-electron chi connectivity index (χ4n) is 0.722. The number of rotatable bonds is 0. The van der Waals surface area contributed by atoms with Gasteiger partial charge in [-0.3, -0.25) is 4.84 Å². The van der Waals surface area contributed by atoms with Gasteiger partial charge in [0.2, 0.25) is 0 Å². The summed E-state index contributed by atoms with van der Waals surface area (Å²) < 4.78 is 0. The van der Waals surface area contributed by atoms with Crippen LogP contribution in [0.4, 0.5) is 0 Å². The van der Waals surface area contributed by atoms with E-state index in [0.717, 1.165) is 6.54 Å². The Morgan fingerprint density at radius 3 is 2.86 bits per heavy atom. The lowest BCUT2D eigenvalue weighted by Gasteiger charge is -2.17. The van der Waals surface area contributed by atoms with Gasteiger partial charge in [0.05, 0.1) is 6.10 Å². The van der Waals surface area contributed by atoms with Crippen molar-refractivity contribution in [1.82, 2.24) is 5.48 Å². The molecule has 1 saturated heterocycles. The molecule has 1 aliphatic rings. The summed E-state index contributed by atoms with van der Waals surface area (Å²) in [5.74, 6) is 0. The van der Waals surface area contributed by atoms with Crippen LogP contribution in [0.15, 0.2) is 0 Å². The molecule has 1 aliphatic heterocycles. The van der Waals surface area contributed by atoms with Crippen molar-refractivity contribution >= 4 is 0 Å². The average molecular weight is 101 g/mol. The summed E-state index contributed by atoms with van der Waals surface area (Å²) in [6, 6.07) is 0. The molecular formula is C5H11NO. The Morgan fingerprint density at radius 1 is 1.71 bits per heavy atom. The van der Waals surface area contributed by atoms with Crippen LogP contribution in [-0.2, 0) is 4.84 Å². The summed E-state index contributed by atoms with van der Waals surface area (Å²) in [6.45, 7) is 3.09. The zero-order valence-electron chi connectivity index (χ0n) is 4.61. The quantitative estimate of drug-likeness (QED) is 0.484. The van der Waals surface area contributed by atoms with Crippen LogP contribution in [-0.4, -0.2) is 12.6 Å². The van der Waals surface area contributed by atoms with E-state index in [2.05, 4.69) is 12.4 Å². The number of hydroxylamine groups is 1. The molecule has 0 aromatic heterocycles. The second-order valence-electron chi connectivity index (χ2n) is 1.97. The maximum atomic E-state index is 5.03. The molecule has 7 heavy (non-hydrogen) atoms. The van der Waals surface area contributed by atoms with Gasteiger partial charge in [-0.25, -0.2) is 5.48 Å². The van der Waals surface area contributed by atoms with Crippen molar-refractivity contribution in [2.75, 3.05) is 6.54 Å². The number of hydrogen-bond acceptors (Lipinski definition) is 2. The van der Waals surface area contributed by atoms with Crippen molar-refractivity contribution in [2.45, 2.75) is 25.9 Å². The molecule has 0 unspecified atom stereocenters. The Hall–Kier alpha value is -0.0800. The average Bonchev–Trinajstić information content (AvgIpc) is 1.69. The zero-order chi connectivity index (χ0) is 5.11. The highest BCUT2D eigenvalue weighted by atomic mass is 16.7. The third-order valence-electron chi connectivity index (χ3n) is 1.17. The van der Waals surface area contributed by atoms with Gasteiger partial charge in [0.15, 0.2) is 0 Å². The molecule has 0 saturated carbocycles. The minimum Gasteiger partial charge on any atom is -0.299 e. The largest absolute Gasteiger partial charge is 0.299 e. The fourth-order valence-corrected chi connectivity index (χ4v) is 0.722.